The van der Waals surface area contributed by atoms with Crippen LogP contribution in [0.25, 0.3) is 10.9 Å². The predicted molar refractivity (Wildman–Crippen MR) is 287 cm³/mol. The average Bonchev–Trinajstić information content (AvgIpc) is 4.12. The first-order valence-corrected chi connectivity index (χ1v) is 27.1. The maximum atomic E-state index is 14.7. The summed E-state index contributed by atoms with van der Waals surface area (Å²) in [5.41, 5.74) is 1.80. The van der Waals surface area contributed by atoms with Gasteiger partial charge < -0.3 is 35.3 Å². The van der Waals surface area contributed by atoms with Gasteiger partial charge in [0.1, 0.15) is 6.04 Å². The zero-order valence-corrected chi connectivity index (χ0v) is 46.9. The summed E-state index contributed by atoms with van der Waals surface area (Å²) in [4.78, 5) is 124. The van der Waals surface area contributed by atoms with Crippen molar-refractivity contribution in [2.45, 2.75) is 149 Å². The number of benzene rings is 1. The number of aromatic amines is 1. The summed E-state index contributed by atoms with van der Waals surface area (Å²) in [6.07, 6.45) is 6.69. The third kappa shape index (κ3) is 15.5. The van der Waals surface area contributed by atoms with Gasteiger partial charge in [-0.2, -0.15) is 0 Å². The standard InChI is InChI=1S/C55H86N10O11/c1-13-35(6)49(62(10)48(34(4)5)53(71)60-52(70)47(33(2)3)61(9)32-36(7)58-55(73)56-24-27-64-44(66)22-23-45(64)67)43(74-11)30-46(68)63-25-18-21-42(63)50(75-12)37(8)51(69)59-41(54(72)65-26-16-17-28-76-65)29-38-31-57-40-20-15-14-19-39(38)40/h14-15,19-20,22-23,31,33-37,41-43,47-50,57H,13,16-18,21,24-30,32H2,1-12H3,(H,59,69)(H2,56,58,73)(H,60,70,71)/t35-,36-,37+,41-,42-,43+,47-,48-,49-,50+/m0/s1. The van der Waals surface area contributed by atoms with Gasteiger partial charge in [0.2, 0.25) is 23.6 Å². The molecule has 0 saturated carbocycles. The van der Waals surface area contributed by atoms with Crippen LogP contribution in [0.2, 0.25) is 0 Å². The predicted octanol–water partition coefficient (Wildman–Crippen LogP) is 3.38. The van der Waals surface area contributed by atoms with Gasteiger partial charge in [-0.3, -0.25) is 58.4 Å². The summed E-state index contributed by atoms with van der Waals surface area (Å²) in [6, 6.07) is 3.51. The maximum Gasteiger partial charge on any atom is 0.315 e. The number of H-pyrrole nitrogens is 1. The highest BCUT2D eigenvalue weighted by Crippen LogP contribution is 2.31. The molecule has 1 aromatic heterocycles. The number of methoxy groups -OCH3 is 2. The number of hydroxylamine groups is 2. The molecule has 1 aromatic carbocycles. The van der Waals surface area contributed by atoms with Crippen molar-refractivity contribution in [2.75, 3.05) is 67.6 Å². The normalized spacial score (nSPS) is 19.7. The van der Waals surface area contributed by atoms with Crippen LogP contribution >= 0.6 is 0 Å². The molecule has 2 aromatic rings. The quantitative estimate of drug-likeness (QED) is 0.0808. The number of nitrogens with one attached hydrogen (secondary N) is 5. The molecule has 76 heavy (non-hydrogen) atoms. The Morgan fingerprint density at radius 3 is 2.13 bits per heavy atom. The molecule has 0 radical (unpaired) electrons. The average molecular weight is 1060 g/mol. The van der Waals surface area contributed by atoms with Crippen LogP contribution in [0, 0.1) is 23.7 Å². The summed E-state index contributed by atoms with van der Waals surface area (Å²) >= 11 is 0. The number of urea groups is 1. The Morgan fingerprint density at radius 1 is 0.842 bits per heavy atom. The van der Waals surface area contributed by atoms with Gasteiger partial charge in [-0.1, -0.05) is 73.1 Å². The van der Waals surface area contributed by atoms with Crippen molar-refractivity contribution in [2.24, 2.45) is 23.7 Å². The van der Waals surface area contributed by atoms with Gasteiger partial charge in [0, 0.05) is 94.7 Å². The van der Waals surface area contributed by atoms with Crippen LogP contribution in [-0.4, -0.2) is 193 Å². The van der Waals surface area contributed by atoms with E-state index in [1.54, 1.807) is 37.8 Å². The Morgan fingerprint density at radius 2 is 1.51 bits per heavy atom. The Kier molecular flexibility index (Phi) is 23.0. The number of likely N-dealkylation sites (N-methyl/N-ethyl adjacent to an activating group) is 2. The number of imide groups is 2. The second-order valence-electron chi connectivity index (χ2n) is 21.5. The summed E-state index contributed by atoms with van der Waals surface area (Å²) in [7, 11) is 6.68. The SMILES string of the molecule is CC[C@H](C)[C@@H]([C@@H](CC(=O)N1CCC[C@H]1[C@H](OC)[C@@H](C)C(=O)N[C@@H](Cc1c[nH]c2ccccc12)C(=O)N1CCCCO1)OC)N(C)[C@H](C(=O)NC(=O)[C@H](C(C)C)N(C)C[C@H](C)NC(=O)NCCN1C(=O)C=CC1=O)C(C)C. The van der Waals surface area contributed by atoms with Crippen LogP contribution in [0.5, 0.6) is 0 Å². The molecule has 3 aliphatic rings. The molecule has 2 fully saturated rings. The first kappa shape index (κ1) is 61.1. The molecule has 10 atom stereocenters. The second-order valence-corrected chi connectivity index (χ2v) is 21.5. The van der Waals surface area contributed by atoms with E-state index in [1.165, 1.54) is 24.3 Å². The minimum atomic E-state index is -0.922. The van der Waals surface area contributed by atoms with Crippen molar-refractivity contribution < 1.29 is 52.7 Å². The van der Waals surface area contributed by atoms with E-state index < -0.39 is 84.0 Å². The van der Waals surface area contributed by atoms with Gasteiger partial charge in [0.15, 0.2) is 0 Å². The van der Waals surface area contributed by atoms with Crippen molar-refractivity contribution >= 4 is 58.3 Å². The van der Waals surface area contributed by atoms with E-state index in [0.29, 0.717) is 39.0 Å². The number of rotatable bonds is 27. The number of ether oxygens (including phenoxy) is 2. The minimum Gasteiger partial charge on any atom is -0.379 e. The third-order valence-corrected chi connectivity index (χ3v) is 15.3. The van der Waals surface area contributed by atoms with E-state index in [1.807, 2.05) is 77.0 Å². The maximum absolute atomic E-state index is 14.7. The van der Waals surface area contributed by atoms with Crippen molar-refractivity contribution in [3.63, 3.8) is 0 Å². The van der Waals surface area contributed by atoms with Crippen LogP contribution in [0.3, 0.4) is 0 Å². The Bertz CT molecular complexity index is 2330. The Balaban J connectivity index is 1.24. The Hall–Kier alpha value is -5.74. The molecule has 2 saturated heterocycles. The third-order valence-electron chi connectivity index (χ3n) is 15.3. The fourth-order valence-corrected chi connectivity index (χ4v) is 11.4. The summed E-state index contributed by atoms with van der Waals surface area (Å²) in [5.74, 6) is -4.06. The van der Waals surface area contributed by atoms with E-state index in [4.69, 9.17) is 14.3 Å². The number of hydrogen-bond acceptors (Lipinski definition) is 13. The number of likely N-dealkylation sites (tertiary alicyclic amines) is 1. The first-order valence-electron chi connectivity index (χ1n) is 27.1. The Labute approximate surface area is 448 Å². The van der Waals surface area contributed by atoms with E-state index in [-0.39, 0.29) is 68.0 Å². The topological polar surface area (TPSA) is 244 Å². The highest BCUT2D eigenvalue weighted by molar-refractivity contribution is 6.12. The molecule has 0 spiro atoms. The summed E-state index contributed by atoms with van der Waals surface area (Å²) in [6.45, 7) is 16.8. The highest BCUT2D eigenvalue weighted by Gasteiger charge is 2.44. The van der Waals surface area contributed by atoms with Gasteiger partial charge in [0.05, 0.1) is 49.3 Å². The molecular formula is C55H86N10O11. The van der Waals surface area contributed by atoms with Crippen LogP contribution in [0.4, 0.5) is 4.79 Å². The molecule has 0 aliphatic carbocycles. The summed E-state index contributed by atoms with van der Waals surface area (Å²) in [5, 5.41) is 13.6. The van der Waals surface area contributed by atoms with Gasteiger partial charge in [-0.05, 0) is 76.1 Å². The van der Waals surface area contributed by atoms with Crippen molar-refractivity contribution in [3.05, 3.63) is 48.2 Å². The number of nitrogens with zero attached hydrogens (tertiary/aromatic N) is 5. The van der Waals surface area contributed by atoms with Crippen LogP contribution in [0.15, 0.2) is 42.6 Å². The number of aromatic nitrogens is 1. The lowest BCUT2D eigenvalue weighted by atomic mass is 9.87. The lowest BCUT2D eigenvalue weighted by molar-refractivity contribution is -0.199. The number of carbonyl (C=O) groups is 8. The van der Waals surface area contributed by atoms with Crippen molar-refractivity contribution in [1.82, 2.24) is 50.9 Å². The lowest BCUT2D eigenvalue weighted by Crippen LogP contribution is -2.60. The molecule has 422 valence electrons. The molecule has 0 unspecified atom stereocenters. The molecule has 21 heteroatoms. The fraction of sp³-hybridized carbons (Fsp3) is 0.673. The monoisotopic (exact) mass is 1060 g/mol. The number of para-hydroxylation sites is 1. The fourth-order valence-electron chi connectivity index (χ4n) is 11.4. The summed E-state index contributed by atoms with van der Waals surface area (Å²) < 4.78 is 12.3. The molecule has 21 nitrogen and oxygen atoms in total. The van der Waals surface area contributed by atoms with Crippen molar-refractivity contribution in [1.29, 1.82) is 0 Å². The van der Waals surface area contributed by atoms with Gasteiger partial charge >= 0.3 is 6.03 Å². The lowest BCUT2D eigenvalue weighted by Gasteiger charge is -2.43. The van der Waals surface area contributed by atoms with Crippen molar-refractivity contribution in [3.8, 4) is 0 Å². The zero-order chi connectivity index (χ0) is 56.0. The molecule has 3 aliphatic heterocycles. The van der Waals surface area contributed by atoms with Gasteiger partial charge in [-0.25, -0.2) is 9.86 Å². The molecule has 4 heterocycles. The first-order chi connectivity index (χ1) is 36.1. The zero-order valence-electron chi connectivity index (χ0n) is 46.9. The van der Waals surface area contributed by atoms with E-state index in [9.17, 15) is 38.4 Å². The van der Waals surface area contributed by atoms with Crippen LogP contribution in [0.1, 0.15) is 99.5 Å². The van der Waals surface area contributed by atoms with Gasteiger partial charge in [0.25, 0.3) is 17.7 Å². The molecule has 9 amide bonds. The van der Waals surface area contributed by atoms with Crippen LogP contribution in [-0.2, 0) is 54.3 Å². The number of hydrogen-bond donors (Lipinski definition) is 5. The number of carbonyl (C=O) groups excluding carboxylic acids is 8. The highest BCUT2D eigenvalue weighted by atomic mass is 16.7. The molecular weight excluding hydrogens is 977 g/mol. The second kappa shape index (κ2) is 28.6. The van der Waals surface area contributed by atoms with Crippen LogP contribution < -0.4 is 21.3 Å². The largest absolute Gasteiger partial charge is 0.379 e. The molecule has 5 rings (SSSR count). The molecule has 5 N–H and O–H groups in total. The number of amides is 9. The van der Waals surface area contributed by atoms with E-state index >= 15 is 0 Å². The smallest absolute Gasteiger partial charge is 0.315 e. The minimum absolute atomic E-state index is 0.0223. The van der Waals surface area contributed by atoms with E-state index in [2.05, 4.69) is 33.2 Å². The molecule has 0 bridgehead atoms. The van der Waals surface area contributed by atoms with E-state index in [0.717, 1.165) is 34.2 Å². The number of fused-ring (bicyclic) bond motifs is 1. The van der Waals surface area contributed by atoms with Gasteiger partial charge in [-0.15, -0.1) is 0 Å².